The number of fused-ring (bicyclic) bond motifs is 1. The molecular formula is C16H25N3O. The second kappa shape index (κ2) is 6.53. The molecule has 4 heteroatoms. The Morgan fingerprint density at radius 1 is 1.05 bits per heavy atom. The van der Waals surface area contributed by atoms with Crippen LogP contribution in [0.1, 0.15) is 56.2 Å². The van der Waals surface area contributed by atoms with Gasteiger partial charge in [0.15, 0.2) is 0 Å². The lowest BCUT2D eigenvalue weighted by molar-refractivity contribution is 0.0908. The van der Waals surface area contributed by atoms with E-state index in [0.717, 1.165) is 31.7 Å². The van der Waals surface area contributed by atoms with Crippen molar-refractivity contribution in [2.45, 2.75) is 63.9 Å². The predicted octanol–water partition coefficient (Wildman–Crippen LogP) is 2.64. The van der Waals surface area contributed by atoms with Crippen molar-refractivity contribution in [1.29, 1.82) is 0 Å². The fourth-order valence-electron chi connectivity index (χ4n) is 3.51. The quantitative estimate of drug-likeness (QED) is 0.861. The number of ether oxygens (including phenoxy) is 1. The summed E-state index contributed by atoms with van der Waals surface area (Å²) in [5.41, 5.74) is 8.35. The minimum atomic E-state index is 0.246. The van der Waals surface area contributed by atoms with Crippen LogP contribution in [0.3, 0.4) is 0 Å². The fourth-order valence-corrected chi connectivity index (χ4v) is 3.51. The van der Waals surface area contributed by atoms with Gasteiger partial charge in [0.1, 0.15) is 12.4 Å². The molecule has 0 bridgehead atoms. The van der Waals surface area contributed by atoms with Crippen molar-refractivity contribution in [3.05, 3.63) is 17.6 Å². The first-order chi connectivity index (χ1) is 9.88. The number of rotatable bonds is 3. The highest BCUT2D eigenvalue weighted by Gasteiger charge is 2.27. The molecule has 1 aromatic rings. The van der Waals surface area contributed by atoms with E-state index in [0.29, 0.717) is 5.92 Å². The van der Waals surface area contributed by atoms with Crippen LogP contribution in [-0.2, 0) is 12.8 Å². The molecule has 1 fully saturated rings. The van der Waals surface area contributed by atoms with Crippen LogP contribution in [0.2, 0.25) is 0 Å². The second-order valence-corrected chi connectivity index (χ2v) is 6.10. The molecule has 0 aromatic carbocycles. The predicted molar refractivity (Wildman–Crippen MR) is 78.7 cm³/mol. The molecule has 110 valence electrons. The van der Waals surface area contributed by atoms with Crippen molar-refractivity contribution in [2.75, 3.05) is 6.54 Å². The number of aromatic nitrogens is 2. The van der Waals surface area contributed by atoms with E-state index in [2.05, 4.69) is 9.97 Å². The fraction of sp³-hybridized carbons (Fsp3) is 0.750. The molecule has 0 amide bonds. The number of nitrogens with zero attached hydrogens (tertiary/aromatic N) is 2. The summed E-state index contributed by atoms with van der Waals surface area (Å²) in [6.45, 7) is 0.720. The smallest absolute Gasteiger partial charge is 0.220 e. The summed E-state index contributed by atoms with van der Waals surface area (Å²) in [5, 5.41) is 0. The molecule has 2 unspecified atom stereocenters. The first kappa shape index (κ1) is 13.8. The van der Waals surface area contributed by atoms with Gasteiger partial charge in [0, 0.05) is 11.5 Å². The Morgan fingerprint density at radius 3 is 2.80 bits per heavy atom. The lowest BCUT2D eigenvalue weighted by Gasteiger charge is -2.31. The topological polar surface area (TPSA) is 61.0 Å². The van der Waals surface area contributed by atoms with Crippen molar-refractivity contribution in [2.24, 2.45) is 11.7 Å². The normalized spacial score (nSPS) is 26.6. The van der Waals surface area contributed by atoms with Gasteiger partial charge in [0.2, 0.25) is 5.88 Å². The summed E-state index contributed by atoms with van der Waals surface area (Å²) >= 11 is 0. The molecular weight excluding hydrogens is 250 g/mol. The van der Waals surface area contributed by atoms with Gasteiger partial charge in [-0.15, -0.1) is 0 Å². The molecule has 1 aromatic heterocycles. The van der Waals surface area contributed by atoms with Gasteiger partial charge in [0.05, 0.1) is 5.69 Å². The second-order valence-electron chi connectivity index (χ2n) is 6.10. The van der Waals surface area contributed by atoms with Crippen LogP contribution in [0.15, 0.2) is 6.33 Å². The zero-order valence-electron chi connectivity index (χ0n) is 12.2. The molecule has 4 nitrogen and oxygen atoms in total. The Hall–Kier alpha value is -1.16. The molecule has 0 aliphatic heterocycles. The molecule has 0 radical (unpaired) electrons. The number of nitrogens with two attached hydrogens (primary N) is 1. The minimum absolute atomic E-state index is 0.246. The van der Waals surface area contributed by atoms with E-state index in [9.17, 15) is 0 Å². The Kier molecular flexibility index (Phi) is 4.51. The van der Waals surface area contributed by atoms with Crippen molar-refractivity contribution >= 4 is 0 Å². The highest BCUT2D eigenvalue weighted by atomic mass is 16.5. The van der Waals surface area contributed by atoms with E-state index >= 15 is 0 Å². The lowest BCUT2D eigenvalue weighted by Crippen LogP contribution is -2.35. The summed E-state index contributed by atoms with van der Waals surface area (Å²) in [6, 6.07) is 0. The maximum absolute atomic E-state index is 6.28. The Morgan fingerprint density at radius 2 is 1.90 bits per heavy atom. The molecule has 2 atom stereocenters. The Bertz CT molecular complexity index is 449. The first-order valence-corrected chi connectivity index (χ1v) is 8.08. The minimum Gasteiger partial charge on any atom is -0.474 e. The van der Waals surface area contributed by atoms with Crippen LogP contribution in [0.4, 0.5) is 0 Å². The van der Waals surface area contributed by atoms with Gasteiger partial charge >= 0.3 is 0 Å². The Labute approximate surface area is 121 Å². The number of hydrogen-bond donors (Lipinski definition) is 1. The molecule has 0 spiro atoms. The zero-order chi connectivity index (χ0) is 13.8. The van der Waals surface area contributed by atoms with Gasteiger partial charge in [-0.2, -0.15) is 0 Å². The van der Waals surface area contributed by atoms with Gasteiger partial charge in [-0.1, -0.05) is 12.8 Å². The number of hydrogen-bond acceptors (Lipinski definition) is 4. The molecule has 20 heavy (non-hydrogen) atoms. The van der Waals surface area contributed by atoms with Crippen molar-refractivity contribution in [3.63, 3.8) is 0 Å². The van der Waals surface area contributed by atoms with E-state index in [1.807, 2.05) is 0 Å². The maximum atomic E-state index is 6.28. The van der Waals surface area contributed by atoms with Crippen molar-refractivity contribution in [1.82, 2.24) is 9.97 Å². The maximum Gasteiger partial charge on any atom is 0.220 e. The Balaban J connectivity index is 1.79. The van der Waals surface area contributed by atoms with E-state index in [-0.39, 0.29) is 6.10 Å². The molecule has 2 aliphatic rings. The monoisotopic (exact) mass is 275 g/mol. The van der Waals surface area contributed by atoms with Gasteiger partial charge < -0.3 is 10.5 Å². The van der Waals surface area contributed by atoms with Crippen molar-refractivity contribution in [3.8, 4) is 5.88 Å². The van der Waals surface area contributed by atoms with E-state index in [1.165, 1.54) is 49.8 Å². The zero-order valence-corrected chi connectivity index (χ0v) is 12.2. The van der Waals surface area contributed by atoms with E-state index in [1.54, 1.807) is 6.33 Å². The van der Waals surface area contributed by atoms with Gasteiger partial charge in [0.25, 0.3) is 0 Å². The first-order valence-electron chi connectivity index (χ1n) is 8.08. The molecule has 0 saturated heterocycles. The summed E-state index contributed by atoms with van der Waals surface area (Å²) in [4.78, 5) is 8.88. The van der Waals surface area contributed by atoms with Crippen molar-refractivity contribution < 1.29 is 4.74 Å². The average molecular weight is 275 g/mol. The summed E-state index contributed by atoms with van der Waals surface area (Å²) in [5.74, 6) is 1.32. The number of aryl methyl sites for hydroxylation is 1. The van der Waals surface area contributed by atoms with Crippen LogP contribution in [0.25, 0.3) is 0 Å². The standard InChI is InChI=1S/C16H25N3O/c17-10-12-6-4-5-9-15(12)20-16-13-7-2-1-3-8-14(13)18-11-19-16/h11-12,15H,1-10,17H2. The highest BCUT2D eigenvalue weighted by Crippen LogP contribution is 2.31. The van der Waals surface area contributed by atoms with Crippen LogP contribution in [-0.4, -0.2) is 22.6 Å². The third kappa shape index (κ3) is 2.95. The third-order valence-electron chi connectivity index (χ3n) is 4.74. The van der Waals surface area contributed by atoms with Crippen LogP contribution in [0.5, 0.6) is 5.88 Å². The average Bonchev–Trinajstić information content (AvgIpc) is 2.74. The van der Waals surface area contributed by atoms with E-state index in [4.69, 9.17) is 10.5 Å². The van der Waals surface area contributed by atoms with Crippen LogP contribution >= 0.6 is 0 Å². The molecule has 3 rings (SSSR count). The van der Waals surface area contributed by atoms with Gasteiger partial charge in [-0.3, -0.25) is 0 Å². The molecule has 2 aliphatic carbocycles. The van der Waals surface area contributed by atoms with Crippen LogP contribution < -0.4 is 10.5 Å². The third-order valence-corrected chi connectivity index (χ3v) is 4.74. The SMILES string of the molecule is NCC1CCCCC1Oc1ncnc2c1CCCCC2. The molecule has 2 N–H and O–H groups in total. The lowest BCUT2D eigenvalue weighted by atomic mass is 9.86. The van der Waals surface area contributed by atoms with Gasteiger partial charge in [-0.05, 0) is 51.5 Å². The summed E-state index contributed by atoms with van der Waals surface area (Å²) < 4.78 is 6.28. The largest absolute Gasteiger partial charge is 0.474 e. The molecule has 1 saturated carbocycles. The van der Waals surface area contributed by atoms with E-state index < -0.39 is 0 Å². The van der Waals surface area contributed by atoms with Crippen LogP contribution in [0, 0.1) is 5.92 Å². The summed E-state index contributed by atoms with van der Waals surface area (Å²) in [7, 11) is 0. The summed E-state index contributed by atoms with van der Waals surface area (Å²) in [6.07, 6.45) is 12.6. The molecule has 1 heterocycles. The van der Waals surface area contributed by atoms with Gasteiger partial charge in [-0.25, -0.2) is 9.97 Å². The highest BCUT2D eigenvalue weighted by molar-refractivity contribution is 5.31.